The summed E-state index contributed by atoms with van der Waals surface area (Å²) in [5.41, 5.74) is 0.795. The highest BCUT2D eigenvalue weighted by molar-refractivity contribution is 7.89. The molecule has 0 aliphatic carbocycles. The molecule has 0 fully saturated rings. The molecule has 0 atom stereocenters. The first-order chi connectivity index (χ1) is 11.5. The van der Waals surface area contributed by atoms with E-state index in [1.807, 2.05) is 18.2 Å². The molecule has 0 unspecified atom stereocenters. The number of nitrogens with one attached hydrogen (secondary N) is 1. The first-order valence-corrected chi connectivity index (χ1v) is 9.17. The van der Waals surface area contributed by atoms with E-state index in [-0.39, 0.29) is 11.4 Å². The number of benzene rings is 3. The summed E-state index contributed by atoms with van der Waals surface area (Å²) in [6.07, 6.45) is 0. The van der Waals surface area contributed by atoms with E-state index >= 15 is 0 Å². The highest BCUT2D eigenvalue weighted by atomic mass is 35.5. The maximum atomic E-state index is 12.7. The van der Waals surface area contributed by atoms with Crippen LogP contribution in [0.4, 0.5) is 0 Å². The van der Waals surface area contributed by atoms with Gasteiger partial charge in [0.25, 0.3) is 0 Å². The summed E-state index contributed by atoms with van der Waals surface area (Å²) >= 11 is 5.93. The molecule has 0 spiro atoms. The fourth-order valence-corrected chi connectivity index (χ4v) is 4.00. The van der Waals surface area contributed by atoms with Crippen molar-refractivity contribution in [3.8, 4) is 5.75 Å². The normalized spacial score (nSPS) is 11.6. The molecular formula is C18H16ClNO3S. The zero-order valence-electron chi connectivity index (χ0n) is 13.0. The molecule has 4 nitrogen and oxygen atoms in total. The monoisotopic (exact) mass is 361 g/mol. The van der Waals surface area contributed by atoms with E-state index in [0.717, 1.165) is 10.9 Å². The van der Waals surface area contributed by atoms with Gasteiger partial charge in [-0.25, -0.2) is 13.1 Å². The second-order valence-electron chi connectivity index (χ2n) is 5.27. The molecule has 0 saturated carbocycles. The minimum Gasteiger partial charge on any atom is -0.496 e. The summed E-state index contributed by atoms with van der Waals surface area (Å²) < 4.78 is 33.4. The molecule has 0 aromatic heterocycles. The van der Waals surface area contributed by atoms with Crippen molar-refractivity contribution in [2.24, 2.45) is 0 Å². The number of sulfonamides is 1. The van der Waals surface area contributed by atoms with Gasteiger partial charge in [0.1, 0.15) is 5.75 Å². The van der Waals surface area contributed by atoms with E-state index < -0.39 is 10.0 Å². The molecule has 0 aliphatic rings. The minimum atomic E-state index is -3.67. The van der Waals surface area contributed by atoms with E-state index in [9.17, 15) is 8.42 Å². The van der Waals surface area contributed by atoms with Crippen molar-refractivity contribution in [3.05, 3.63) is 71.2 Å². The predicted octanol–water partition coefficient (Wildman–Crippen LogP) is 3.98. The van der Waals surface area contributed by atoms with E-state index in [4.69, 9.17) is 16.3 Å². The summed E-state index contributed by atoms with van der Waals surface area (Å²) in [6, 6.07) is 17.6. The highest BCUT2D eigenvalue weighted by Gasteiger charge is 2.18. The second kappa shape index (κ2) is 6.81. The molecule has 0 aliphatic heterocycles. The third-order valence-corrected chi connectivity index (χ3v) is 5.40. The maximum Gasteiger partial charge on any atom is 0.241 e. The van der Waals surface area contributed by atoms with E-state index in [1.54, 1.807) is 49.6 Å². The lowest BCUT2D eigenvalue weighted by Crippen LogP contribution is -2.23. The Hall–Kier alpha value is -2.08. The van der Waals surface area contributed by atoms with E-state index in [2.05, 4.69) is 4.72 Å². The fourth-order valence-electron chi connectivity index (χ4n) is 2.56. The van der Waals surface area contributed by atoms with Crippen LogP contribution in [-0.4, -0.2) is 15.5 Å². The van der Waals surface area contributed by atoms with Crippen LogP contribution in [0.5, 0.6) is 5.75 Å². The van der Waals surface area contributed by atoms with Crippen LogP contribution in [0.25, 0.3) is 10.8 Å². The van der Waals surface area contributed by atoms with Gasteiger partial charge in [0.15, 0.2) is 0 Å². The van der Waals surface area contributed by atoms with Gasteiger partial charge in [0, 0.05) is 22.3 Å². The van der Waals surface area contributed by atoms with Gasteiger partial charge in [-0.3, -0.25) is 0 Å². The van der Waals surface area contributed by atoms with Gasteiger partial charge in [0.05, 0.1) is 12.0 Å². The summed E-state index contributed by atoms with van der Waals surface area (Å²) in [6.45, 7) is 0.170. The molecule has 3 aromatic rings. The van der Waals surface area contributed by atoms with Crippen molar-refractivity contribution in [2.75, 3.05) is 7.11 Å². The van der Waals surface area contributed by atoms with E-state index in [0.29, 0.717) is 16.2 Å². The van der Waals surface area contributed by atoms with Gasteiger partial charge in [-0.1, -0.05) is 48.0 Å². The molecule has 6 heteroatoms. The minimum absolute atomic E-state index is 0.170. The lowest BCUT2D eigenvalue weighted by Gasteiger charge is -2.12. The standard InChI is InChI=1S/C18H16ClNO3S/c1-23-17-9-10-18(16-8-3-2-7-15(16)17)24(21,22)20-12-13-5-4-6-14(19)11-13/h2-11,20H,12H2,1H3. The number of hydrogen-bond donors (Lipinski definition) is 1. The second-order valence-corrected chi connectivity index (χ2v) is 7.44. The Bertz CT molecular complexity index is 986. The molecule has 0 bridgehead atoms. The Morgan fingerprint density at radius 3 is 2.46 bits per heavy atom. The SMILES string of the molecule is COc1ccc(S(=O)(=O)NCc2cccc(Cl)c2)c2ccccc12. The molecule has 3 aromatic carbocycles. The summed E-state index contributed by atoms with van der Waals surface area (Å²) in [5, 5.41) is 1.95. The Labute approximate surface area is 146 Å². The van der Waals surface area contributed by atoms with Crippen molar-refractivity contribution < 1.29 is 13.2 Å². The third kappa shape index (κ3) is 3.38. The van der Waals surface area contributed by atoms with Crippen molar-refractivity contribution in [1.29, 1.82) is 0 Å². The Morgan fingerprint density at radius 1 is 1.00 bits per heavy atom. The summed E-state index contributed by atoms with van der Waals surface area (Å²) in [4.78, 5) is 0.223. The van der Waals surface area contributed by atoms with Crippen LogP contribution in [0, 0.1) is 0 Å². The van der Waals surface area contributed by atoms with Crippen molar-refractivity contribution in [3.63, 3.8) is 0 Å². The molecule has 0 amide bonds. The quantitative estimate of drug-likeness (QED) is 0.747. The van der Waals surface area contributed by atoms with Crippen LogP contribution in [0.15, 0.2) is 65.6 Å². The van der Waals surface area contributed by atoms with Gasteiger partial charge < -0.3 is 4.74 Å². The topological polar surface area (TPSA) is 55.4 Å². The Balaban J connectivity index is 1.97. The van der Waals surface area contributed by atoms with Gasteiger partial charge in [-0.15, -0.1) is 0 Å². The smallest absolute Gasteiger partial charge is 0.241 e. The highest BCUT2D eigenvalue weighted by Crippen LogP contribution is 2.30. The van der Waals surface area contributed by atoms with Crippen LogP contribution in [0.3, 0.4) is 0 Å². The largest absolute Gasteiger partial charge is 0.496 e. The Kier molecular flexibility index (Phi) is 4.76. The molecule has 124 valence electrons. The average molecular weight is 362 g/mol. The van der Waals surface area contributed by atoms with Gasteiger partial charge in [-0.2, -0.15) is 0 Å². The number of hydrogen-bond acceptors (Lipinski definition) is 3. The third-order valence-electron chi connectivity index (χ3n) is 3.71. The first kappa shape index (κ1) is 16.8. The summed E-state index contributed by atoms with van der Waals surface area (Å²) in [5.74, 6) is 0.638. The number of methoxy groups -OCH3 is 1. The van der Waals surface area contributed by atoms with Gasteiger partial charge >= 0.3 is 0 Å². The van der Waals surface area contributed by atoms with Crippen LogP contribution >= 0.6 is 11.6 Å². The van der Waals surface area contributed by atoms with Crippen molar-refractivity contribution in [2.45, 2.75) is 11.4 Å². The number of fused-ring (bicyclic) bond motifs is 1. The summed E-state index contributed by atoms with van der Waals surface area (Å²) in [7, 11) is -2.11. The van der Waals surface area contributed by atoms with Crippen LogP contribution < -0.4 is 9.46 Å². The molecule has 3 rings (SSSR count). The maximum absolute atomic E-state index is 12.7. The lowest BCUT2D eigenvalue weighted by atomic mass is 10.1. The van der Waals surface area contributed by atoms with Crippen molar-refractivity contribution >= 4 is 32.4 Å². The van der Waals surface area contributed by atoms with Crippen LogP contribution in [-0.2, 0) is 16.6 Å². The van der Waals surface area contributed by atoms with Crippen LogP contribution in [0.1, 0.15) is 5.56 Å². The van der Waals surface area contributed by atoms with E-state index in [1.165, 1.54) is 0 Å². The molecule has 0 saturated heterocycles. The average Bonchev–Trinajstić information content (AvgIpc) is 2.59. The molecule has 1 N–H and O–H groups in total. The van der Waals surface area contributed by atoms with Crippen molar-refractivity contribution in [1.82, 2.24) is 4.72 Å². The first-order valence-electron chi connectivity index (χ1n) is 7.31. The number of ether oxygens (including phenoxy) is 1. The lowest BCUT2D eigenvalue weighted by molar-refractivity contribution is 0.419. The number of rotatable bonds is 5. The molecular weight excluding hydrogens is 346 g/mol. The zero-order valence-corrected chi connectivity index (χ0v) is 14.6. The zero-order chi connectivity index (χ0) is 17.2. The molecule has 24 heavy (non-hydrogen) atoms. The van der Waals surface area contributed by atoms with Gasteiger partial charge in [-0.05, 0) is 29.8 Å². The number of halogens is 1. The van der Waals surface area contributed by atoms with Crippen LogP contribution in [0.2, 0.25) is 5.02 Å². The Morgan fingerprint density at radius 2 is 1.75 bits per heavy atom. The van der Waals surface area contributed by atoms with Gasteiger partial charge in [0.2, 0.25) is 10.0 Å². The fraction of sp³-hybridized carbons (Fsp3) is 0.111. The molecule has 0 radical (unpaired) electrons. The molecule has 0 heterocycles. The predicted molar refractivity (Wildman–Crippen MR) is 96.0 cm³/mol.